The molecule has 128 valence electrons. The largest absolute Gasteiger partial charge is 0.480 e. The number of carbonyl (C=O) groups is 1. The maximum atomic E-state index is 12.8. The summed E-state index contributed by atoms with van der Waals surface area (Å²) >= 11 is 0. The molecule has 1 aliphatic heterocycles. The van der Waals surface area contributed by atoms with E-state index in [4.69, 9.17) is 4.74 Å². The number of carbonyl (C=O) groups excluding carboxylic acids is 1. The molecule has 0 radical (unpaired) electrons. The molecular formula is C20H25NO3. The molecule has 4 unspecified atom stereocenters. The molecular weight excluding hydrogens is 302 g/mol. The number of ether oxygens (including phenoxy) is 1. The van der Waals surface area contributed by atoms with Gasteiger partial charge < -0.3 is 15.2 Å². The first-order valence-corrected chi connectivity index (χ1v) is 9.37. The summed E-state index contributed by atoms with van der Waals surface area (Å²) in [6.45, 7) is 0. The standard InChI is InChI=1S/C20H25NO3/c22-19(17-6-5-13-3-1-2-4-16(13)24-17)21-18-14-7-12-8-15(18)11-20(23,9-12)10-14/h1-4,12,14-15,17-18,23H,5-11H2,(H,21,22)/t12?,14-,15+,17?,18?,20?. The summed E-state index contributed by atoms with van der Waals surface area (Å²) in [5, 5.41) is 14.0. The van der Waals surface area contributed by atoms with Crippen molar-refractivity contribution in [3.63, 3.8) is 0 Å². The van der Waals surface area contributed by atoms with Crippen LogP contribution in [0.3, 0.4) is 0 Å². The Morgan fingerprint density at radius 1 is 1.17 bits per heavy atom. The normalized spacial score (nSPS) is 42.3. The summed E-state index contributed by atoms with van der Waals surface area (Å²) in [5.41, 5.74) is 0.747. The fourth-order valence-electron chi connectivity index (χ4n) is 5.98. The smallest absolute Gasteiger partial charge is 0.261 e. The SMILES string of the molecule is O=C(NC1[C@@H]2CC3C[C@H]1CC(O)(C3)C2)C1CCc2ccccc2O1. The van der Waals surface area contributed by atoms with E-state index in [-0.39, 0.29) is 18.1 Å². The van der Waals surface area contributed by atoms with E-state index in [1.807, 2.05) is 18.2 Å². The van der Waals surface area contributed by atoms with Crippen LogP contribution in [-0.4, -0.2) is 28.8 Å². The van der Waals surface area contributed by atoms with E-state index in [2.05, 4.69) is 11.4 Å². The number of aryl methyl sites for hydroxylation is 1. The van der Waals surface area contributed by atoms with Crippen LogP contribution in [0.5, 0.6) is 5.75 Å². The van der Waals surface area contributed by atoms with Crippen LogP contribution in [0.2, 0.25) is 0 Å². The van der Waals surface area contributed by atoms with Crippen LogP contribution >= 0.6 is 0 Å². The summed E-state index contributed by atoms with van der Waals surface area (Å²) in [5.74, 6) is 2.44. The molecule has 0 spiro atoms. The number of aliphatic hydroxyl groups is 1. The minimum atomic E-state index is -0.446. The Morgan fingerprint density at radius 3 is 2.67 bits per heavy atom. The van der Waals surface area contributed by atoms with E-state index in [0.717, 1.165) is 50.7 Å². The lowest BCUT2D eigenvalue weighted by molar-refractivity contribution is -0.149. The lowest BCUT2D eigenvalue weighted by Crippen LogP contribution is -2.62. The monoisotopic (exact) mass is 327 g/mol. The van der Waals surface area contributed by atoms with Crippen LogP contribution in [0.4, 0.5) is 0 Å². The highest BCUT2D eigenvalue weighted by molar-refractivity contribution is 5.82. The predicted octanol–water partition coefficient (Wildman–Crippen LogP) is 2.44. The van der Waals surface area contributed by atoms with E-state index in [9.17, 15) is 9.90 Å². The van der Waals surface area contributed by atoms with Gasteiger partial charge in [-0.3, -0.25) is 4.79 Å². The molecule has 4 heteroatoms. The zero-order chi connectivity index (χ0) is 16.3. The average Bonchev–Trinajstić information content (AvgIpc) is 2.56. The molecule has 1 aromatic rings. The third-order valence-corrected chi connectivity index (χ3v) is 6.76. The quantitative estimate of drug-likeness (QED) is 0.877. The van der Waals surface area contributed by atoms with E-state index in [1.54, 1.807) is 0 Å². The first-order valence-electron chi connectivity index (χ1n) is 9.37. The molecule has 1 amide bonds. The number of hydrogen-bond acceptors (Lipinski definition) is 3. The molecule has 0 saturated heterocycles. The molecule has 2 N–H and O–H groups in total. The second-order valence-electron chi connectivity index (χ2n) is 8.48. The Bertz CT molecular complexity index is 657. The molecule has 24 heavy (non-hydrogen) atoms. The van der Waals surface area contributed by atoms with Crippen molar-refractivity contribution in [1.29, 1.82) is 0 Å². The van der Waals surface area contributed by atoms with Gasteiger partial charge in [-0.25, -0.2) is 0 Å². The maximum Gasteiger partial charge on any atom is 0.261 e. The number of nitrogens with one attached hydrogen (secondary N) is 1. The summed E-state index contributed by atoms with van der Waals surface area (Å²) in [4.78, 5) is 12.8. The minimum Gasteiger partial charge on any atom is -0.480 e. The molecule has 6 rings (SSSR count). The van der Waals surface area contributed by atoms with Crippen molar-refractivity contribution in [3.05, 3.63) is 29.8 Å². The van der Waals surface area contributed by atoms with Crippen molar-refractivity contribution in [2.45, 2.75) is 62.7 Å². The summed E-state index contributed by atoms with van der Waals surface area (Å²) < 4.78 is 5.95. The van der Waals surface area contributed by atoms with Gasteiger partial charge in [0.15, 0.2) is 6.10 Å². The van der Waals surface area contributed by atoms with Gasteiger partial charge in [0.25, 0.3) is 5.91 Å². The second-order valence-corrected chi connectivity index (χ2v) is 8.48. The molecule has 6 atom stereocenters. The Hall–Kier alpha value is -1.55. The van der Waals surface area contributed by atoms with E-state index < -0.39 is 5.60 Å². The number of amides is 1. The number of hydrogen-bond donors (Lipinski definition) is 2. The van der Waals surface area contributed by atoms with E-state index in [1.165, 1.54) is 5.56 Å². The molecule has 4 aliphatic carbocycles. The molecule has 4 nitrogen and oxygen atoms in total. The number of rotatable bonds is 2. The van der Waals surface area contributed by atoms with Crippen LogP contribution in [0.15, 0.2) is 24.3 Å². The average molecular weight is 327 g/mol. The number of para-hydroxylation sites is 1. The van der Waals surface area contributed by atoms with Gasteiger partial charge in [0.05, 0.1) is 5.60 Å². The van der Waals surface area contributed by atoms with Crippen LogP contribution in [0.25, 0.3) is 0 Å². The van der Waals surface area contributed by atoms with Crippen molar-refractivity contribution in [2.75, 3.05) is 0 Å². The highest BCUT2D eigenvalue weighted by atomic mass is 16.5. The Labute approximate surface area is 142 Å². The van der Waals surface area contributed by atoms with Crippen molar-refractivity contribution < 1.29 is 14.6 Å². The summed E-state index contributed by atoms with van der Waals surface area (Å²) in [6, 6.07) is 8.23. The summed E-state index contributed by atoms with van der Waals surface area (Å²) in [7, 11) is 0. The first kappa shape index (κ1) is 14.8. The highest BCUT2D eigenvalue weighted by Crippen LogP contribution is 2.55. The fraction of sp³-hybridized carbons (Fsp3) is 0.650. The van der Waals surface area contributed by atoms with Gasteiger partial charge in [0.1, 0.15) is 5.75 Å². The van der Waals surface area contributed by atoms with Crippen LogP contribution < -0.4 is 10.1 Å². The van der Waals surface area contributed by atoms with Crippen molar-refractivity contribution >= 4 is 5.91 Å². The van der Waals surface area contributed by atoms with Gasteiger partial charge in [-0.2, -0.15) is 0 Å². The molecule has 0 aromatic heterocycles. The Kier molecular flexibility index (Phi) is 3.21. The fourth-order valence-corrected chi connectivity index (χ4v) is 5.98. The van der Waals surface area contributed by atoms with Crippen LogP contribution in [0, 0.1) is 17.8 Å². The lowest BCUT2D eigenvalue weighted by Gasteiger charge is -2.58. The zero-order valence-corrected chi connectivity index (χ0v) is 13.9. The van der Waals surface area contributed by atoms with Crippen molar-refractivity contribution in [3.8, 4) is 5.75 Å². The van der Waals surface area contributed by atoms with Gasteiger partial charge in [0, 0.05) is 6.04 Å². The van der Waals surface area contributed by atoms with Gasteiger partial charge in [-0.1, -0.05) is 18.2 Å². The second kappa shape index (κ2) is 5.22. The molecule has 4 bridgehead atoms. The van der Waals surface area contributed by atoms with Crippen LogP contribution in [0.1, 0.15) is 44.1 Å². The highest BCUT2D eigenvalue weighted by Gasteiger charge is 2.55. The molecule has 1 aromatic carbocycles. The Balaban J connectivity index is 1.28. The lowest BCUT2D eigenvalue weighted by atomic mass is 9.52. The number of benzene rings is 1. The first-order chi connectivity index (χ1) is 11.6. The van der Waals surface area contributed by atoms with Crippen LogP contribution in [-0.2, 0) is 11.2 Å². The van der Waals surface area contributed by atoms with Gasteiger partial charge in [-0.05, 0) is 74.3 Å². The number of fused-ring (bicyclic) bond motifs is 1. The van der Waals surface area contributed by atoms with Gasteiger partial charge in [-0.15, -0.1) is 0 Å². The zero-order valence-electron chi connectivity index (χ0n) is 13.9. The van der Waals surface area contributed by atoms with E-state index >= 15 is 0 Å². The maximum absolute atomic E-state index is 12.8. The molecule has 4 fully saturated rings. The minimum absolute atomic E-state index is 0.0361. The van der Waals surface area contributed by atoms with E-state index in [0.29, 0.717) is 17.8 Å². The van der Waals surface area contributed by atoms with Gasteiger partial charge in [0.2, 0.25) is 0 Å². The predicted molar refractivity (Wildman–Crippen MR) is 89.6 cm³/mol. The molecule has 4 saturated carbocycles. The van der Waals surface area contributed by atoms with Crippen molar-refractivity contribution in [2.24, 2.45) is 17.8 Å². The molecule has 1 heterocycles. The third-order valence-electron chi connectivity index (χ3n) is 6.76. The third kappa shape index (κ3) is 2.34. The van der Waals surface area contributed by atoms with Crippen molar-refractivity contribution in [1.82, 2.24) is 5.32 Å². The molecule has 5 aliphatic rings. The van der Waals surface area contributed by atoms with Gasteiger partial charge >= 0.3 is 0 Å². The topological polar surface area (TPSA) is 58.6 Å². The summed E-state index contributed by atoms with van der Waals surface area (Å²) in [6.07, 6.45) is 6.29. The Morgan fingerprint density at radius 2 is 1.92 bits per heavy atom.